The predicted octanol–water partition coefficient (Wildman–Crippen LogP) is 4.78. The van der Waals surface area contributed by atoms with Crippen molar-refractivity contribution in [2.45, 2.75) is 17.8 Å². The second-order valence-electron chi connectivity index (χ2n) is 6.27. The third-order valence-corrected chi connectivity index (χ3v) is 5.95. The molecule has 0 aliphatic rings. The maximum atomic E-state index is 12.9. The van der Waals surface area contributed by atoms with E-state index in [0.29, 0.717) is 10.2 Å². The lowest BCUT2D eigenvalue weighted by Crippen LogP contribution is -2.21. The summed E-state index contributed by atoms with van der Waals surface area (Å²) in [6.45, 7) is 5.65. The summed E-state index contributed by atoms with van der Waals surface area (Å²) in [6, 6.07) is 13.7. The molecule has 0 atom stereocenters. The number of hydrogen-bond donors (Lipinski definition) is 0. The largest absolute Gasteiger partial charge is 0.300 e. The average Bonchev–Trinajstić information content (AvgIpc) is 3.13. The predicted molar refractivity (Wildman–Crippen MR) is 114 cm³/mol. The van der Waals surface area contributed by atoms with Crippen molar-refractivity contribution in [1.29, 1.82) is 0 Å². The monoisotopic (exact) mass is 408 g/mol. The van der Waals surface area contributed by atoms with Crippen LogP contribution in [0.4, 0.5) is 0 Å². The molecule has 0 radical (unpaired) electrons. The summed E-state index contributed by atoms with van der Waals surface area (Å²) < 4.78 is 3.27. The molecule has 0 fully saturated rings. The van der Waals surface area contributed by atoms with E-state index < -0.39 is 0 Å². The Bertz CT molecular complexity index is 1230. The minimum absolute atomic E-state index is 0.234. The molecule has 0 bridgehead atoms. The number of rotatable bonds is 5. The first-order chi connectivity index (χ1) is 13.6. The van der Waals surface area contributed by atoms with E-state index in [2.05, 4.69) is 28.9 Å². The minimum Gasteiger partial charge on any atom is -0.279 e. The quantitative estimate of drug-likeness (QED) is 0.446. The molecular formula is C21H17ClN4OS. The molecule has 5 nitrogen and oxygen atoms in total. The zero-order valence-electron chi connectivity index (χ0n) is 15.2. The summed E-state index contributed by atoms with van der Waals surface area (Å²) in [5.41, 5.74) is 3.87. The number of hydrogen-bond acceptors (Lipinski definition) is 4. The van der Waals surface area contributed by atoms with Crippen LogP contribution in [0.1, 0.15) is 16.7 Å². The van der Waals surface area contributed by atoms with Gasteiger partial charge in [0.25, 0.3) is 0 Å². The van der Waals surface area contributed by atoms with Gasteiger partial charge in [-0.2, -0.15) is 0 Å². The molecule has 0 N–H and O–H groups in total. The van der Waals surface area contributed by atoms with Gasteiger partial charge in [-0.1, -0.05) is 66.3 Å². The lowest BCUT2D eigenvalue weighted by Gasteiger charge is -2.10. The number of halogens is 1. The van der Waals surface area contributed by atoms with Crippen molar-refractivity contribution in [3.05, 3.63) is 93.5 Å². The maximum absolute atomic E-state index is 12.9. The Balaban J connectivity index is 1.65. The molecule has 140 valence electrons. The normalized spacial score (nSPS) is 11.1. The molecule has 2 heterocycles. The Labute approximate surface area is 171 Å². The van der Waals surface area contributed by atoms with Gasteiger partial charge in [0.2, 0.25) is 5.65 Å². The maximum Gasteiger partial charge on any atom is 0.300 e. The summed E-state index contributed by atoms with van der Waals surface area (Å²) in [7, 11) is 0. The zero-order chi connectivity index (χ0) is 19.7. The smallest absolute Gasteiger partial charge is 0.279 e. The Kier molecular flexibility index (Phi) is 5.07. The van der Waals surface area contributed by atoms with E-state index >= 15 is 0 Å². The summed E-state index contributed by atoms with van der Waals surface area (Å²) >= 11 is 7.73. The standard InChI is InChI=1S/C21H17ClN4OS/c1-3-15-7-9-16(10-8-15)13-28-21-24-23-19-20(27)25(11-12-26(19)21)18-6-4-5-17(22)14(18)2/h3-12H,1,13H2,2H3. The van der Waals surface area contributed by atoms with E-state index in [-0.39, 0.29) is 11.2 Å². The fraction of sp³-hybridized carbons (Fsp3) is 0.0952. The van der Waals surface area contributed by atoms with Crippen LogP contribution in [-0.2, 0) is 5.75 Å². The molecule has 2 aromatic heterocycles. The van der Waals surface area contributed by atoms with Crippen molar-refractivity contribution in [3.8, 4) is 5.69 Å². The van der Waals surface area contributed by atoms with Crippen molar-refractivity contribution in [2.75, 3.05) is 0 Å². The van der Waals surface area contributed by atoms with Crippen LogP contribution in [-0.4, -0.2) is 19.2 Å². The highest BCUT2D eigenvalue weighted by atomic mass is 35.5. The van der Waals surface area contributed by atoms with Gasteiger partial charge in [0.05, 0.1) is 5.69 Å². The van der Waals surface area contributed by atoms with E-state index in [1.807, 2.05) is 37.3 Å². The first-order valence-corrected chi connectivity index (χ1v) is 10.0. The van der Waals surface area contributed by atoms with Crippen LogP contribution in [0, 0.1) is 6.92 Å². The van der Waals surface area contributed by atoms with Crippen LogP contribution >= 0.6 is 23.4 Å². The fourth-order valence-electron chi connectivity index (χ4n) is 2.91. The minimum atomic E-state index is -0.234. The van der Waals surface area contributed by atoms with E-state index in [0.717, 1.165) is 28.1 Å². The van der Waals surface area contributed by atoms with Gasteiger partial charge in [-0.25, -0.2) is 0 Å². The van der Waals surface area contributed by atoms with Gasteiger partial charge >= 0.3 is 5.56 Å². The van der Waals surface area contributed by atoms with Crippen molar-refractivity contribution >= 4 is 35.1 Å². The topological polar surface area (TPSA) is 52.2 Å². The third-order valence-electron chi connectivity index (χ3n) is 4.52. The van der Waals surface area contributed by atoms with Crippen LogP contribution < -0.4 is 5.56 Å². The SMILES string of the molecule is C=Cc1ccc(CSc2nnc3c(=O)n(-c4cccc(Cl)c4C)ccn23)cc1. The summed E-state index contributed by atoms with van der Waals surface area (Å²) in [5, 5.41) is 9.60. The molecule has 0 saturated carbocycles. The molecule has 4 rings (SSSR count). The molecule has 28 heavy (non-hydrogen) atoms. The van der Waals surface area contributed by atoms with Crippen LogP contribution in [0.25, 0.3) is 17.4 Å². The Hall–Kier alpha value is -2.83. The molecule has 2 aromatic carbocycles. The van der Waals surface area contributed by atoms with Gasteiger partial charge in [0, 0.05) is 23.2 Å². The van der Waals surface area contributed by atoms with Crippen LogP contribution in [0.15, 0.2) is 71.4 Å². The van der Waals surface area contributed by atoms with Crippen LogP contribution in [0.5, 0.6) is 0 Å². The van der Waals surface area contributed by atoms with Gasteiger partial charge < -0.3 is 0 Å². The number of benzene rings is 2. The van der Waals surface area contributed by atoms with E-state index in [4.69, 9.17) is 11.6 Å². The number of fused-ring (bicyclic) bond motifs is 1. The van der Waals surface area contributed by atoms with Crippen LogP contribution in [0.3, 0.4) is 0 Å². The summed E-state index contributed by atoms with van der Waals surface area (Å²) in [6.07, 6.45) is 5.34. The molecule has 0 aliphatic heterocycles. The Morgan fingerprint density at radius 3 is 2.68 bits per heavy atom. The molecule has 0 amide bonds. The van der Waals surface area contributed by atoms with E-state index in [1.165, 1.54) is 11.8 Å². The first kappa shape index (κ1) is 18.5. The van der Waals surface area contributed by atoms with Crippen LogP contribution in [0.2, 0.25) is 5.02 Å². The third kappa shape index (κ3) is 3.37. The van der Waals surface area contributed by atoms with Gasteiger partial charge in [-0.3, -0.25) is 13.8 Å². The molecule has 4 aromatic rings. The fourth-order valence-corrected chi connectivity index (χ4v) is 3.95. The lowest BCUT2D eigenvalue weighted by molar-refractivity contribution is 0.890. The zero-order valence-corrected chi connectivity index (χ0v) is 16.7. The lowest BCUT2D eigenvalue weighted by atomic mass is 10.1. The summed E-state index contributed by atoms with van der Waals surface area (Å²) in [5.74, 6) is 0.731. The Morgan fingerprint density at radius 1 is 1.14 bits per heavy atom. The van der Waals surface area contributed by atoms with Crippen molar-refractivity contribution in [2.24, 2.45) is 0 Å². The van der Waals surface area contributed by atoms with Gasteiger partial charge in [-0.05, 0) is 35.7 Å². The Morgan fingerprint density at radius 2 is 1.93 bits per heavy atom. The van der Waals surface area contributed by atoms with Gasteiger partial charge in [-0.15, -0.1) is 10.2 Å². The number of aromatic nitrogens is 4. The highest BCUT2D eigenvalue weighted by molar-refractivity contribution is 7.98. The van der Waals surface area contributed by atoms with Crippen molar-refractivity contribution in [3.63, 3.8) is 0 Å². The molecule has 7 heteroatoms. The highest BCUT2D eigenvalue weighted by Gasteiger charge is 2.13. The molecule has 0 saturated heterocycles. The molecule has 0 spiro atoms. The van der Waals surface area contributed by atoms with Crippen molar-refractivity contribution in [1.82, 2.24) is 19.2 Å². The van der Waals surface area contributed by atoms with E-state index in [1.54, 1.807) is 27.4 Å². The van der Waals surface area contributed by atoms with Gasteiger partial charge in [0.1, 0.15) is 0 Å². The average molecular weight is 409 g/mol. The number of nitrogens with zero attached hydrogens (tertiary/aromatic N) is 4. The second kappa shape index (κ2) is 7.66. The summed E-state index contributed by atoms with van der Waals surface area (Å²) in [4.78, 5) is 12.9. The van der Waals surface area contributed by atoms with Gasteiger partial charge in [0.15, 0.2) is 5.16 Å². The van der Waals surface area contributed by atoms with E-state index in [9.17, 15) is 4.79 Å². The molecule has 0 unspecified atom stereocenters. The second-order valence-corrected chi connectivity index (χ2v) is 7.62. The first-order valence-electron chi connectivity index (χ1n) is 8.64. The number of thioether (sulfide) groups is 1. The molecule has 0 aliphatic carbocycles. The molecular weight excluding hydrogens is 392 g/mol. The van der Waals surface area contributed by atoms with Crippen molar-refractivity contribution < 1.29 is 0 Å². The highest BCUT2D eigenvalue weighted by Crippen LogP contribution is 2.23.